The summed E-state index contributed by atoms with van der Waals surface area (Å²) in [7, 11) is 0. The van der Waals surface area contributed by atoms with Crippen molar-refractivity contribution >= 4 is 22.9 Å². The predicted octanol–water partition coefficient (Wildman–Crippen LogP) is 4.33. The third-order valence-electron chi connectivity index (χ3n) is 3.82. The normalized spacial score (nSPS) is 12.2. The molecule has 0 spiro atoms. The standard InChI is InChI=1S/C18H13ClN4OS/c19-13-3-1-11(2-4-13)16(24)14-9-15(12-5-6-22-23-10-12)25-17(14)18-20-7-8-21-18/h1-10,16,24H,(H,20,21)/t16-/m0/s1. The lowest BCUT2D eigenvalue weighted by molar-refractivity contribution is 0.221. The van der Waals surface area contributed by atoms with Gasteiger partial charge in [-0.25, -0.2) is 4.98 Å². The fourth-order valence-corrected chi connectivity index (χ4v) is 3.85. The zero-order chi connectivity index (χ0) is 17.2. The van der Waals surface area contributed by atoms with E-state index in [4.69, 9.17) is 11.6 Å². The first kappa shape index (κ1) is 16.0. The summed E-state index contributed by atoms with van der Waals surface area (Å²) in [5.74, 6) is 0.723. The molecule has 4 aromatic rings. The molecule has 0 saturated heterocycles. The van der Waals surface area contributed by atoms with E-state index in [1.807, 2.05) is 24.3 Å². The largest absolute Gasteiger partial charge is 0.384 e. The Kier molecular flexibility index (Phi) is 4.31. The van der Waals surface area contributed by atoms with Gasteiger partial charge in [0.2, 0.25) is 0 Å². The van der Waals surface area contributed by atoms with Crippen molar-refractivity contribution in [1.82, 2.24) is 20.2 Å². The number of aromatic amines is 1. The van der Waals surface area contributed by atoms with E-state index in [9.17, 15) is 5.11 Å². The van der Waals surface area contributed by atoms with E-state index in [1.165, 1.54) is 0 Å². The van der Waals surface area contributed by atoms with Gasteiger partial charge in [0.1, 0.15) is 11.9 Å². The number of aliphatic hydroxyl groups is 1. The number of halogens is 1. The molecule has 0 amide bonds. The van der Waals surface area contributed by atoms with Crippen LogP contribution in [0.15, 0.2) is 61.2 Å². The van der Waals surface area contributed by atoms with Crippen LogP contribution in [-0.2, 0) is 0 Å². The Morgan fingerprint density at radius 3 is 2.60 bits per heavy atom. The predicted molar refractivity (Wildman–Crippen MR) is 98.4 cm³/mol. The highest BCUT2D eigenvalue weighted by Gasteiger charge is 2.21. The molecule has 3 heterocycles. The van der Waals surface area contributed by atoms with Gasteiger partial charge in [0.15, 0.2) is 0 Å². The average molecular weight is 369 g/mol. The molecule has 0 bridgehead atoms. The second kappa shape index (κ2) is 6.76. The molecule has 1 aromatic carbocycles. The summed E-state index contributed by atoms with van der Waals surface area (Å²) in [5, 5.41) is 19.3. The monoisotopic (exact) mass is 368 g/mol. The van der Waals surface area contributed by atoms with Gasteiger partial charge in [0, 0.05) is 33.4 Å². The molecule has 5 nitrogen and oxygen atoms in total. The number of hydrogen-bond acceptors (Lipinski definition) is 5. The summed E-state index contributed by atoms with van der Waals surface area (Å²) in [6.45, 7) is 0. The maximum atomic E-state index is 10.9. The molecular weight excluding hydrogens is 356 g/mol. The highest BCUT2D eigenvalue weighted by Crippen LogP contribution is 2.41. The number of imidazole rings is 1. The maximum absolute atomic E-state index is 10.9. The van der Waals surface area contributed by atoms with Crippen molar-refractivity contribution in [2.24, 2.45) is 0 Å². The van der Waals surface area contributed by atoms with E-state index in [-0.39, 0.29) is 0 Å². The molecule has 0 aliphatic rings. The van der Waals surface area contributed by atoms with Crippen molar-refractivity contribution in [3.63, 3.8) is 0 Å². The Morgan fingerprint density at radius 1 is 1.08 bits per heavy atom. The summed E-state index contributed by atoms with van der Waals surface area (Å²) in [5.41, 5.74) is 2.51. The van der Waals surface area contributed by atoms with E-state index in [1.54, 1.807) is 48.3 Å². The Bertz CT molecular complexity index is 968. The Morgan fingerprint density at radius 2 is 1.92 bits per heavy atom. The maximum Gasteiger partial charge on any atom is 0.147 e. The van der Waals surface area contributed by atoms with Crippen LogP contribution in [0.4, 0.5) is 0 Å². The van der Waals surface area contributed by atoms with E-state index in [2.05, 4.69) is 20.2 Å². The minimum atomic E-state index is -0.780. The fraction of sp³-hybridized carbons (Fsp3) is 0.0556. The quantitative estimate of drug-likeness (QED) is 0.562. The van der Waals surface area contributed by atoms with Crippen molar-refractivity contribution in [3.8, 4) is 21.1 Å². The molecule has 0 saturated carbocycles. The smallest absolute Gasteiger partial charge is 0.147 e. The first-order valence-corrected chi connectivity index (χ1v) is 8.76. The van der Waals surface area contributed by atoms with Crippen LogP contribution in [-0.4, -0.2) is 25.3 Å². The zero-order valence-corrected chi connectivity index (χ0v) is 14.5. The molecule has 0 aliphatic heterocycles. The molecule has 3 aromatic heterocycles. The lowest BCUT2D eigenvalue weighted by Gasteiger charge is -2.11. The molecule has 0 fully saturated rings. The van der Waals surface area contributed by atoms with E-state index < -0.39 is 6.10 Å². The van der Waals surface area contributed by atoms with Crippen LogP contribution in [0.1, 0.15) is 17.2 Å². The molecule has 0 radical (unpaired) electrons. The first-order chi connectivity index (χ1) is 12.2. The number of nitrogens with one attached hydrogen (secondary N) is 1. The van der Waals surface area contributed by atoms with Crippen molar-refractivity contribution in [1.29, 1.82) is 0 Å². The number of hydrogen-bond donors (Lipinski definition) is 2. The Labute approximate surface area is 153 Å². The highest BCUT2D eigenvalue weighted by atomic mass is 35.5. The molecule has 25 heavy (non-hydrogen) atoms. The van der Waals surface area contributed by atoms with Gasteiger partial charge in [-0.2, -0.15) is 10.2 Å². The van der Waals surface area contributed by atoms with Crippen LogP contribution < -0.4 is 0 Å². The SMILES string of the molecule is O[C@@H](c1ccc(Cl)cc1)c1cc(-c2ccnnc2)sc1-c1ncc[nH]1. The number of aliphatic hydroxyl groups excluding tert-OH is 1. The number of aromatic nitrogens is 4. The van der Waals surface area contributed by atoms with Crippen LogP contribution in [0.3, 0.4) is 0 Å². The van der Waals surface area contributed by atoms with Gasteiger partial charge in [-0.3, -0.25) is 0 Å². The van der Waals surface area contributed by atoms with Crippen LogP contribution in [0, 0.1) is 0 Å². The van der Waals surface area contributed by atoms with Crippen LogP contribution >= 0.6 is 22.9 Å². The van der Waals surface area contributed by atoms with Gasteiger partial charge in [0.25, 0.3) is 0 Å². The van der Waals surface area contributed by atoms with E-state index in [0.717, 1.165) is 32.3 Å². The van der Waals surface area contributed by atoms with Gasteiger partial charge in [-0.1, -0.05) is 23.7 Å². The van der Waals surface area contributed by atoms with Crippen LogP contribution in [0.5, 0.6) is 0 Å². The number of H-pyrrole nitrogens is 1. The third-order valence-corrected chi connectivity index (χ3v) is 5.28. The van der Waals surface area contributed by atoms with Crippen molar-refractivity contribution in [2.75, 3.05) is 0 Å². The summed E-state index contributed by atoms with van der Waals surface area (Å²) < 4.78 is 0. The first-order valence-electron chi connectivity index (χ1n) is 7.56. The second-order valence-electron chi connectivity index (χ2n) is 5.42. The highest BCUT2D eigenvalue weighted by molar-refractivity contribution is 7.19. The van der Waals surface area contributed by atoms with Gasteiger partial charge in [-0.05, 0) is 29.8 Å². The van der Waals surface area contributed by atoms with Crippen LogP contribution in [0.25, 0.3) is 21.1 Å². The number of nitrogens with zero attached hydrogens (tertiary/aromatic N) is 3. The minimum absolute atomic E-state index is 0.635. The summed E-state index contributed by atoms with van der Waals surface area (Å²) in [4.78, 5) is 9.33. The molecular formula is C18H13ClN4OS. The lowest BCUT2D eigenvalue weighted by Crippen LogP contribution is -1.99. The van der Waals surface area contributed by atoms with Gasteiger partial charge in [-0.15, -0.1) is 11.3 Å². The van der Waals surface area contributed by atoms with Crippen molar-refractivity contribution < 1.29 is 5.11 Å². The molecule has 124 valence electrons. The van der Waals surface area contributed by atoms with Gasteiger partial charge >= 0.3 is 0 Å². The molecule has 1 atom stereocenters. The fourth-order valence-electron chi connectivity index (χ4n) is 2.59. The summed E-state index contributed by atoms with van der Waals surface area (Å²) >= 11 is 7.50. The van der Waals surface area contributed by atoms with Crippen molar-refractivity contribution in [2.45, 2.75) is 6.10 Å². The number of rotatable bonds is 4. The molecule has 0 aliphatic carbocycles. The zero-order valence-electron chi connectivity index (χ0n) is 12.9. The molecule has 2 N–H and O–H groups in total. The van der Waals surface area contributed by atoms with E-state index >= 15 is 0 Å². The number of benzene rings is 1. The molecule has 7 heteroatoms. The second-order valence-corrected chi connectivity index (χ2v) is 6.91. The third kappa shape index (κ3) is 3.19. The topological polar surface area (TPSA) is 74.7 Å². The van der Waals surface area contributed by atoms with Crippen molar-refractivity contribution in [3.05, 3.63) is 77.3 Å². The summed E-state index contributed by atoms with van der Waals surface area (Å²) in [6, 6.07) is 11.1. The lowest BCUT2D eigenvalue weighted by atomic mass is 10.0. The summed E-state index contributed by atoms with van der Waals surface area (Å²) in [6.07, 6.45) is 6.03. The Balaban J connectivity index is 1.82. The molecule has 0 unspecified atom stereocenters. The Hall–Kier alpha value is -2.54. The average Bonchev–Trinajstić information content (AvgIpc) is 3.32. The number of thiophene rings is 1. The molecule has 4 rings (SSSR count). The van der Waals surface area contributed by atoms with E-state index in [0.29, 0.717) is 5.02 Å². The van der Waals surface area contributed by atoms with Gasteiger partial charge in [0.05, 0.1) is 17.3 Å². The van der Waals surface area contributed by atoms with Gasteiger partial charge < -0.3 is 10.1 Å². The minimum Gasteiger partial charge on any atom is -0.384 e. The van der Waals surface area contributed by atoms with Crippen LogP contribution in [0.2, 0.25) is 5.02 Å².